The molecule has 0 aliphatic rings. The molecule has 3 nitrogen and oxygen atoms in total. The maximum Gasteiger partial charge on any atom is 0.140 e. The average molecular weight is 298 g/mol. The quantitative estimate of drug-likeness (QED) is 0.785. The van der Waals surface area contributed by atoms with Crippen LogP contribution in [0.25, 0.3) is 10.2 Å². The van der Waals surface area contributed by atoms with Gasteiger partial charge in [0.05, 0.1) is 10.2 Å². The second kappa shape index (κ2) is 5.84. The number of nitrogens with zero attached hydrogens (tertiary/aromatic N) is 1. The molecule has 0 bridgehead atoms. The third-order valence-corrected chi connectivity index (χ3v) is 4.36. The van der Waals surface area contributed by atoms with Crippen LogP contribution in [-0.2, 0) is 6.61 Å². The number of aryl methyl sites for hydroxylation is 1. The normalized spacial score (nSPS) is 12.5. The highest BCUT2D eigenvalue weighted by atomic mass is 32.1. The minimum absolute atomic E-state index is 0.0454. The first-order chi connectivity index (χ1) is 10.1. The van der Waals surface area contributed by atoms with Gasteiger partial charge in [-0.1, -0.05) is 24.3 Å². The largest absolute Gasteiger partial charge is 0.486 e. The van der Waals surface area contributed by atoms with Gasteiger partial charge in [0.15, 0.2) is 0 Å². The van der Waals surface area contributed by atoms with Crippen LogP contribution in [0, 0.1) is 6.92 Å². The van der Waals surface area contributed by atoms with Gasteiger partial charge in [-0.3, -0.25) is 0 Å². The average Bonchev–Trinajstić information content (AvgIpc) is 2.87. The summed E-state index contributed by atoms with van der Waals surface area (Å²) >= 11 is 1.67. The highest BCUT2D eigenvalue weighted by molar-refractivity contribution is 7.18. The molecule has 3 aromatic rings. The topological polar surface area (TPSA) is 48.1 Å². The van der Waals surface area contributed by atoms with Crippen LogP contribution >= 0.6 is 11.3 Å². The Morgan fingerprint density at radius 2 is 2.05 bits per heavy atom. The van der Waals surface area contributed by atoms with E-state index in [0.29, 0.717) is 6.61 Å². The summed E-state index contributed by atoms with van der Waals surface area (Å²) in [5.41, 5.74) is 9.22. The van der Waals surface area contributed by atoms with Gasteiger partial charge in [-0.05, 0) is 37.6 Å². The molecule has 1 aromatic heterocycles. The van der Waals surface area contributed by atoms with Gasteiger partial charge in [-0.15, -0.1) is 11.3 Å². The maximum atomic E-state index is 6.00. The second-order valence-corrected chi connectivity index (χ2v) is 6.31. The van der Waals surface area contributed by atoms with Gasteiger partial charge < -0.3 is 10.5 Å². The summed E-state index contributed by atoms with van der Waals surface area (Å²) in [5.74, 6) is 0.851. The number of thiazole rings is 1. The first-order valence-electron chi connectivity index (χ1n) is 6.97. The lowest BCUT2D eigenvalue weighted by Crippen LogP contribution is -2.08. The van der Waals surface area contributed by atoms with Crippen molar-refractivity contribution in [3.05, 3.63) is 58.6 Å². The molecular formula is C17H18N2OS. The van der Waals surface area contributed by atoms with Crippen molar-refractivity contribution in [3.63, 3.8) is 0 Å². The minimum Gasteiger partial charge on any atom is -0.486 e. The van der Waals surface area contributed by atoms with E-state index in [-0.39, 0.29) is 6.04 Å². The third kappa shape index (κ3) is 3.06. The lowest BCUT2D eigenvalue weighted by Gasteiger charge is -2.14. The number of hydrogen-bond acceptors (Lipinski definition) is 4. The fourth-order valence-electron chi connectivity index (χ4n) is 2.26. The molecule has 0 spiro atoms. The van der Waals surface area contributed by atoms with Crippen molar-refractivity contribution in [3.8, 4) is 5.75 Å². The van der Waals surface area contributed by atoms with Crippen molar-refractivity contribution in [1.29, 1.82) is 0 Å². The summed E-state index contributed by atoms with van der Waals surface area (Å²) in [6.07, 6.45) is 0. The maximum absolute atomic E-state index is 6.00. The van der Waals surface area contributed by atoms with E-state index < -0.39 is 0 Å². The molecule has 2 N–H and O–H groups in total. The number of aromatic nitrogens is 1. The zero-order valence-corrected chi connectivity index (χ0v) is 13.0. The van der Waals surface area contributed by atoms with Gasteiger partial charge in [0.2, 0.25) is 0 Å². The van der Waals surface area contributed by atoms with Crippen LogP contribution < -0.4 is 10.5 Å². The smallest absolute Gasteiger partial charge is 0.140 e. The predicted molar refractivity (Wildman–Crippen MR) is 87.7 cm³/mol. The molecule has 0 saturated carbocycles. The fourth-order valence-corrected chi connectivity index (χ4v) is 3.14. The van der Waals surface area contributed by atoms with Gasteiger partial charge in [-0.25, -0.2) is 4.98 Å². The van der Waals surface area contributed by atoms with Crippen molar-refractivity contribution in [2.24, 2.45) is 5.73 Å². The molecule has 0 amide bonds. The molecule has 2 aromatic carbocycles. The molecule has 0 fully saturated rings. The predicted octanol–water partition coefficient (Wildman–Crippen LogP) is 4.20. The van der Waals surface area contributed by atoms with Gasteiger partial charge in [0.1, 0.15) is 17.4 Å². The summed E-state index contributed by atoms with van der Waals surface area (Å²) in [7, 11) is 0. The minimum atomic E-state index is -0.0454. The highest BCUT2D eigenvalue weighted by Gasteiger charge is 2.10. The van der Waals surface area contributed by atoms with E-state index in [0.717, 1.165) is 21.8 Å². The molecule has 21 heavy (non-hydrogen) atoms. The first-order valence-corrected chi connectivity index (χ1v) is 7.78. The van der Waals surface area contributed by atoms with Gasteiger partial charge in [0, 0.05) is 11.6 Å². The monoisotopic (exact) mass is 298 g/mol. The van der Waals surface area contributed by atoms with Crippen molar-refractivity contribution >= 4 is 21.6 Å². The molecule has 1 unspecified atom stereocenters. The number of para-hydroxylation sites is 1. The summed E-state index contributed by atoms with van der Waals surface area (Å²) in [6, 6.07) is 14.2. The summed E-state index contributed by atoms with van der Waals surface area (Å²) < 4.78 is 7.15. The van der Waals surface area contributed by atoms with Crippen LogP contribution in [0.3, 0.4) is 0 Å². The summed E-state index contributed by atoms with van der Waals surface area (Å²) in [5, 5.41) is 0.980. The Kier molecular flexibility index (Phi) is 3.90. The Morgan fingerprint density at radius 3 is 2.81 bits per heavy atom. The van der Waals surface area contributed by atoms with Gasteiger partial charge in [-0.2, -0.15) is 0 Å². The van der Waals surface area contributed by atoms with E-state index >= 15 is 0 Å². The summed E-state index contributed by atoms with van der Waals surface area (Å²) in [4.78, 5) is 4.59. The Balaban J connectivity index is 1.82. The SMILES string of the molecule is Cc1ccc(C(C)N)c(OCc2nc3ccccc3s2)c1. The number of rotatable bonds is 4. The van der Waals surface area contributed by atoms with Crippen LogP contribution in [0.5, 0.6) is 5.75 Å². The zero-order valence-electron chi connectivity index (χ0n) is 12.2. The molecule has 108 valence electrons. The van der Waals surface area contributed by atoms with Crippen LogP contribution in [0.15, 0.2) is 42.5 Å². The van der Waals surface area contributed by atoms with Crippen molar-refractivity contribution in [2.45, 2.75) is 26.5 Å². The van der Waals surface area contributed by atoms with E-state index in [1.807, 2.05) is 37.3 Å². The molecule has 0 radical (unpaired) electrons. The van der Waals surface area contributed by atoms with E-state index in [1.165, 1.54) is 10.3 Å². The third-order valence-electron chi connectivity index (χ3n) is 3.35. The number of fused-ring (bicyclic) bond motifs is 1. The van der Waals surface area contributed by atoms with Gasteiger partial charge >= 0.3 is 0 Å². The Labute approximate surface area is 128 Å². The zero-order chi connectivity index (χ0) is 14.8. The Bertz CT molecular complexity index is 731. The van der Waals surface area contributed by atoms with Crippen molar-refractivity contribution < 1.29 is 4.74 Å². The summed E-state index contributed by atoms with van der Waals surface area (Å²) in [6.45, 7) is 4.49. The molecule has 1 heterocycles. The van der Waals surface area contributed by atoms with Crippen LogP contribution in [0.1, 0.15) is 29.1 Å². The Hall–Kier alpha value is -1.91. The standard InChI is InChI=1S/C17H18N2OS/c1-11-7-8-13(12(2)18)15(9-11)20-10-17-19-14-5-3-4-6-16(14)21-17/h3-9,12H,10,18H2,1-2H3. The molecule has 4 heteroatoms. The molecule has 1 atom stereocenters. The molecular weight excluding hydrogens is 280 g/mol. The van der Waals surface area contributed by atoms with Crippen LogP contribution in [0.4, 0.5) is 0 Å². The van der Waals surface area contributed by atoms with E-state index in [9.17, 15) is 0 Å². The second-order valence-electron chi connectivity index (χ2n) is 5.19. The van der Waals surface area contributed by atoms with E-state index in [1.54, 1.807) is 11.3 Å². The lowest BCUT2D eigenvalue weighted by atomic mass is 10.1. The van der Waals surface area contributed by atoms with Crippen LogP contribution in [-0.4, -0.2) is 4.98 Å². The number of nitrogens with two attached hydrogens (primary N) is 1. The number of hydrogen-bond donors (Lipinski definition) is 1. The molecule has 0 aliphatic heterocycles. The highest BCUT2D eigenvalue weighted by Crippen LogP contribution is 2.27. The fraction of sp³-hybridized carbons (Fsp3) is 0.235. The molecule has 3 rings (SSSR count). The van der Waals surface area contributed by atoms with Crippen LogP contribution in [0.2, 0.25) is 0 Å². The van der Waals surface area contributed by atoms with E-state index in [4.69, 9.17) is 10.5 Å². The van der Waals surface area contributed by atoms with Gasteiger partial charge in [0.25, 0.3) is 0 Å². The molecule has 0 saturated heterocycles. The lowest BCUT2D eigenvalue weighted by molar-refractivity contribution is 0.301. The number of ether oxygens (including phenoxy) is 1. The Morgan fingerprint density at radius 1 is 1.24 bits per heavy atom. The van der Waals surface area contributed by atoms with Crippen molar-refractivity contribution in [2.75, 3.05) is 0 Å². The van der Waals surface area contributed by atoms with E-state index in [2.05, 4.69) is 24.0 Å². The first kappa shape index (κ1) is 14.0. The molecule has 0 aliphatic carbocycles. The van der Waals surface area contributed by atoms with Crippen molar-refractivity contribution in [1.82, 2.24) is 4.98 Å². The number of benzene rings is 2.